The van der Waals surface area contributed by atoms with Crippen LogP contribution in [0.25, 0.3) is 5.57 Å². The molecule has 1 N–H and O–H groups in total. The fourth-order valence-corrected chi connectivity index (χ4v) is 3.28. The third-order valence-corrected chi connectivity index (χ3v) is 5.06. The monoisotopic (exact) mass is 425 g/mol. The lowest BCUT2D eigenvalue weighted by Crippen LogP contribution is -2.21. The van der Waals surface area contributed by atoms with Crippen molar-refractivity contribution >= 4 is 40.8 Å². The Kier molecular flexibility index (Phi) is 8.81. The van der Waals surface area contributed by atoms with E-state index in [9.17, 15) is 9.59 Å². The SMILES string of the molecule is CCC(=O)N1CCC(/C(C=O)=C(\C)c2ccc(Cl)cc2NC)=N1.Cc1ccccc1. The number of anilines is 1. The number of carbonyl (C=O) groups is 2. The average Bonchev–Trinajstić information content (AvgIpc) is 3.24. The van der Waals surface area contributed by atoms with Gasteiger partial charge in [-0.25, -0.2) is 5.01 Å². The van der Waals surface area contributed by atoms with E-state index in [1.807, 2.05) is 37.3 Å². The molecule has 2 aromatic carbocycles. The molecule has 0 aliphatic carbocycles. The predicted octanol–water partition coefficient (Wildman–Crippen LogP) is 5.35. The number of benzene rings is 2. The molecule has 0 saturated heterocycles. The molecule has 6 heteroatoms. The first kappa shape index (κ1) is 23.4. The van der Waals surface area contributed by atoms with Crippen LogP contribution in [0.15, 0.2) is 59.2 Å². The highest BCUT2D eigenvalue weighted by Gasteiger charge is 2.23. The number of hydrogen-bond donors (Lipinski definition) is 1. The summed E-state index contributed by atoms with van der Waals surface area (Å²) in [7, 11) is 1.80. The van der Waals surface area contributed by atoms with Gasteiger partial charge in [-0.3, -0.25) is 9.59 Å². The number of aryl methyl sites for hydroxylation is 1. The van der Waals surface area contributed by atoms with Gasteiger partial charge in [0, 0.05) is 41.7 Å². The molecular formula is C24H28ClN3O2. The summed E-state index contributed by atoms with van der Waals surface area (Å²) in [5, 5.41) is 9.46. The lowest BCUT2D eigenvalue weighted by molar-refractivity contribution is -0.130. The van der Waals surface area contributed by atoms with Gasteiger partial charge in [0.2, 0.25) is 5.91 Å². The molecule has 3 rings (SSSR count). The summed E-state index contributed by atoms with van der Waals surface area (Å²) in [6.07, 6.45) is 1.79. The van der Waals surface area contributed by atoms with E-state index in [1.165, 1.54) is 10.6 Å². The van der Waals surface area contributed by atoms with Gasteiger partial charge >= 0.3 is 0 Å². The lowest BCUT2D eigenvalue weighted by atomic mass is 9.96. The van der Waals surface area contributed by atoms with Gasteiger partial charge in [0.25, 0.3) is 0 Å². The molecule has 0 aromatic heterocycles. The number of rotatable bonds is 5. The Morgan fingerprint density at radius 3 is 2.47 bits per heavy atom. The Hall–Kier alpha value is -2.92. The molecule has 0 spiro atoms. The topological polar surface area (TPSA) is 61.8 Å². The summed E-state index contributed by atoms with van der Waals surface area (Å²) in [5.41, 5.74) is 5.04. The molecule has 0 fully saturated rings. The summed E-state index contributed by atoms with van der Waals surface area (Å²) in [6, 6.07) is 15.7. The fraction of sp³-hybridized carbons (Fsp3) is 0.292. The second-order valence-electron chi connectivity index (χ2n) is 6.92. The molecule has 1 amide bonds. The zero-order valence-corrected chi connectivity index (χ0v) is 18.7. The quantitative estimate of drug-likeness (QED) is 0.519. The second-order valence-corrected chi connectivity index (χ2v) is 7.35. The fourth-order valence-electron chi connectivity index (χ4n) is 3.11. The number of allylic oxidation sites excluding steroid dienone is 2. The molecule has 0 bridgehead atoms. The van der Waals surface area contributed by atoms with Gasteiger partial charge in [-0.1, -0.05) is 60.5 Å². The van der Waals surface area contributed by atoms with E-state index in [-0.39, 0.29) is 5.91 Å². The van der Waals surface area contributed by atoms with Gasteiger partial charge in [0.15, 0.2) is 6.29 Å². The van der Waals surface area contributed by atoms with E-state index in [4.69, 9.17) is 11.6 Å². The van der Waals surface area contributed by atoms with Crippen molar-refractivity contribution in [2.24, 2.45) is 5.10 Å². The number of aldehydes is 1. The minimum atomic E-state index is -0.0368. The van der Waals surface area contributed by atoms with E-state index < -0.39 is 0 Å². The molecule has 0 saturated carbocycles. The van der Waals surface area contributed by atoms with Gasteiger partial charge in [-0.05, 0) is 31.6 Å². The number of hydrogen-bond acceptors (Lipinski definition) is 4. The smallest absolute Gasteiger partial charge is 0.242 e. The van der Waals surface area contributed by atoms with Gasteiger partial charge in [0.1, 0.15) is 0 Å². The van der Waals surface area contributed by atoms with Crippen LogP contribution in [0.3, 0.4) is 0 Å². The molecule has 158 valence electrons. The van der Waals surface area contributed by atoms with E-state index >= 15 is 0 Å². The zero-order chi connectivity index (χ0) is 22.1. The Morgan fingerprint density at radius 2 is 1.93 bits per heavy atom. The molecule has 30 heavy (non-hydrogen) atoms. The van der Waals surface area contributed by atoms with Gasteiger partial charge in [0.05, 0.1) is 12.3 Å². The Morgan fingerprint density at radius 1 is 1.23 bits per heavy atom. The first-order valence-electron chi connectivity index (χ1n) is 9.94. The van der Waals surface area contributed by atoms with Gasteiger partial charge in [-0.15, -0.1) is 0 Å². The molecule has 5 nitrogen and oxygen atoms in total. The minimum absolute atomic E-state index is 0.0368. The molecule has 2 aromatic rings. The van der Waals surface area contributed by atoms with E-state index in [2.05, 4.69) is 29.5 Å². The van der Waals surface area contributed by atoms with Crippen LogP contribution in [-0.2, 0) is 9.59 Å². The molecular weight excluding hydrogens is 398 g/mol. The molecule has 0 unspecified atom stereocenters. The van der Waals surface area contributed by atoms with Crippen molar-refractivity contribution in [3.8, 4) is 0 Å². The van der Waals surface area contributed by atoms with Crippen LogP contribution in [0.5, 0.6) is 0 Å². The summed E-state index contributed by atoms with van der Waals surface area (Å²) in [6.45, 7) is 6.28. The first-order chi connectivity index (χ1) is 14.4. The van der Waals surface area contributed by atoms with E-state index in [0.29, 0.717) is 35.7 Å². The Balaban J connectivity index is 0.000000386. The van der Waals surface area contributed by atoms with Gasteiger partial charge < -0.3 is 5.32 Å². The molecule has 1 aliphatic rings. The minimum Gasteiger partial charge on any atom is -0.388 e. The molecule has 0 radical (unpaired) electrons. The summed E-state index contributed by atoms with van der Waals surface area (Å²) >= 11 is 6.02. The maximum absolute atomic E-state index is 11.7. The highest BCUT2D eigenvalue weighted by molar-refractivity contribution is 6.31. The zero-order valence-electron chi connectivity index (χ0n) is 17.9. The van der Waals surface area contributed by atoms with Crippen molar-refractivity contribution in [2.75, 3.05) is 18.9 Å². The largest absolute Gasteiger partial charge is 0.388 e. The maximum Gasteiger partial charge on any atom is 0.242 e. The lowest BCUT2D eigenvalue weighted by Gasteiger charge is -2.12. The molecule has 0 atom stereocenters. The third kappa shape index (κ3) is 6.04. The van der Waals surface area contributed by atoms with Crippen molar-refractivity contribution in [1.82, 2.24) is 5.01 Å². The van der Waals surface area contributed by atoms with Crippen LogP contribution in [0.4, 0.5) is 5.69 Å². The van der Waals surface area contributed by atoms with Crippen molar-refractivity contribution in [3.63, 3.8) is 0 Å². The van der Waals surface area contributed by atoms with E-state index in [0.717, 1.165) is 23.1 Å². The Labute approximate surface area is 183 Å². The van der Waals surface area contributed by atoms with Crippen LogP contribution in [-0.4, -0.2) is 36.5 Å². The van der Waals surface area contributed by atoms with Crippen molar-refractivity contribution in [2.45, 2.75) is 33.6 Å². The number of amides is 1. The van der Waals surface area contributed by atoms with Crippen LogP contribution >= 0.6 is 11.6 Å². The number of nitrogens with one attached hydrogen (secondary N) is 1. The first-order valence-corrected chi connectivity index (χ1v) is 10.3. The molecule has 1 aliphatic heterocycles. The summed E-state index contributed by atoms with van der Waals surface area (Å²) in [5.74, 6) is -0.0368. The normalized spacial score (nSPS) is 13.6. The van der Waals surface area contributed by atoms with Crippen molar-refractivity contribution in [1.29, 1.82) is 0 Å². The highest BCUT2D eigenvalue weighted by atomic mass is 35.5. The summed E-state index contributed by atoms with van der Waals surface area (Å²) < 4.78 is 0. The van der Waals surface area contributed by atoms with Gasteiger partial charge in [-0.2, -0.15) is 5.10 Å². The average molecular weight is 426 g/mol. The van der Waals surface area contributed by atoms with Crippen molar-refractivity contribution in [3.05, 3.63) is 70.3 Å². The van der Waals surface area contributed by atoms with Crippen LogP contribution < -0.4 is 5.32 Å². The standard InChI is InChI=1S/C17H20ClN3O2.C7H8/c1-4-17(23)21-8-7-15(20-21)14(10-22)11(2)13-6-5-12(18)9-16(13)19-3;1-7-5-3-2-4-6-7/h5-6,9-10,19H,4,7-8H2,1-3H3;2-6H,1H3/b14-11+;. The third-order valence-electron chi connectivity index (χ3n) is 4.82. The number of halogens is 1. The number of carbonyl (C=O) groups excluding carboxylic acids is 2. The van der Waals surface area contributed by atoms with E-state index in [1.54, 1.807) is 20.0 Å². The predicted molar refractivity (Wildman–Crippen MR) is 125 cm³/mol. The number of hydrazone groups is 1. The number of nitrogens with zero attached hydrogens (tertiary/aromatic N) is 2. The van der Waals surface area contributed by atoms with Crippen molar-refractivity contribution < 1.29 is 9.59 Å². The second kappa shape index (κ2) is 11.3. The van der Waals surface area contributed by atoms with Crippen LogP contribution in [0, 0.1) is 6.92 Å². The van der Waals surface area contributed by atoms with Crippen LogP contribution in [0.2, 0.25) is 5.02 Å². The maximum atomic E-state index is 11.7. The van der Waals surface area contributed by atoms with Crippen LogP contribution in [0.1, 0.15) is 37.8 Å². The molecule has 1 heterocycles. The Bertz CT molecular complexity index is 952. The summed E-state index contributed by atoms with van der Waals surface area (Å²) in [4.78, 5) is 23.4. The highest BCUT2D eigenvalue weighted by Crippen LogP contribution is 2.30.